The average molecular weight is 1790 g/mol. The molecule has 0 aliphatic carbocycles. The molecule has 0 radical (unpaired) electrons. The van der Waals surface area contributed by atoms with Crippen LogP contribution in [0.3, 0.4) is 0 Å². The number of carbonyl (C=O) groups is 2. The maximum atomic E-state index is 13.4. The molecule has 0 amide bonds. The summed E-state index contributed by atoms with van der Waals surface area (Å²) >= 11 is 0. The Bertz CT molecular complexity index is 2220. The third kappa shape index (κ3) is 81.9. The highest BCUT2D eigenvalue weighted by Gasteiger charge is 2.39. The molecule has 0 N–H and O–H groups in total. The topological polar surface area (TPSA) is 133 Å². The summed E-state index contributed by atoms with van der Waals surface area (Å²) in [5.41, 5.74) is -1.41. The summed E-state index contributed by atoms with van der Waals surface area (Å²) in [6, 6.07) is 0. The van der Waals surface area contributed by atoms with Gasteiger partial charge in [0.1, 0.15) is 0 Å². The van der Waals surface area contributed by atoms with Crippen molar-refractivity contribution in [3.8, 4) is 0 Å². The van der Waals surface area contributed by atoms with Crippen molar-refractivity contribution in [3.05, 3.63) is 48.6 Å². The van der Waals surface area contributed by atoms with Gasteiger partial charge in [-0.25, -0.2) is 0 Å². The van der Waals surface area contributed by atoms with Crippen molar-refractivity contribution < 1.29 is 55.7 Å². The minimum Gasteiger partial charge on any atom is -0.465 e. The fourth-order valence-electron chi connectivity index (χ4n) is 16.4. The second-order valence-electron chi connectivity index (χ2n) is 39.3. The normalized spacial score (nSPS) is 14.7. The summed E-state index contributed by atoms with van der Waals surface area (Å²) < 4.78 is 61.7. The molecule has 2 aliphatic rings. The lowest BCUT2D eigenvalue weighted by Gasteiger charge is -2.33. The summed E-state index contributed by atoms with van der Waals surface area (Å²) in [6.45, 7) is 39.2. The van der Waals surface area contributed by atoms with E-state index in [1.807, 2.05) is 27.7 Å². The number of hydrogen-bond donors (Lipinski definition) is 0. The predicted octanol–water partition coefficient (Wildman–Crippen LogP) is 32.0. The molecule has 0 aromatic carbocycles. The van der Waals surface area contributed by atoms with Gasteiger partial charge in [-0.2, -0.15) is 0 Å². The predicted molar refractivity (Wildman–Crippen MR) is 536 cm³/mol. The number of rotatable bonds is 92. The summed E-state index contributed by atoms with van der Waals surface area (Å²) in [6.07, 6.45) is 99.9. The van der Waals surface area contributed by atoms with Gasteiger partial charge >= 0.3 is 29.1 Å². The van der Waals surface area contributed by atoms with Gasteiger partial charge in [0, 0.05) is 65.4 Å². The number of nitrogens with zero attached hydrogens (tertiary/aromatic N) is 2. The minimum absolute atomic E-state index is 0.155. The van der Waals surface area contributed by atoms with Crippen LogP contribution in [-0.4, -0.2) is 157 Å². The Kier molecular flexibility index (Phi) is 85.9. The van der Waals surface area contributed by atoms with Gasteiger partial charge in [0.05, 0.1) is 50.5 Å². The van der Waals surface area contributed by atoms with Gasteiger partial charge in [0.15, 0.2) is 12.6 Å². The van der Waals surface area contributed by atoms with Crippen molar-refractivity contribution in [1.82, 2.24) is 9.80 Å². The lowest BCUT2D eigenvalue weighted by molar-refractivity contribution is -0.165. The number of allylic oxidation sites excluding steroid dienone is 8. The maximum absolute atomic E-state index is 13.4. The van der Waals surface area contributed by atoms with E-state index in [4.69, 9.17) is 46.1 Å². The molecule has 0 spiro atoms. The zero-order chi connectivity index (χ0) is 90.2. The summed E-state index contributed by atoms with van der Waals surface area (Å²) in [7, 11) is -4.97. The standard InChI is InChI=1S/2C54H105NO6Si/c2*1-7-9-11-13-15-17-19-21-23-25-27-29-31-33-36-40-46-58-52(61-62(5,6)60-48-42-38-35-39-43-55-44-49-57-50-45-55)51-54(3,4)53(56)59-47-41-37-34-32-30-28-26-24-22-20-18-16-14-12-10-8-2/h2*21-24,52H,7-20,25-51H2,1-6H3/b2*23-21-,24-22-. The monoisotopic (exact) mass is 1780 g/mol. The molecular weight excluding hydrogens is 1570 g/mol. The number of unbranched alkanes of at least 4 members (excludes halogenated alkanes) is 54. The van der Waals surface area contributed by atoms with Crippen LogP contribution in [0, 0.1) is 10.8 Å². The highest BCUT2D eigenvalue weighted by molar-refractivity contribution is 6.64. The fourth-order valence-corrected chi connectivity index (χ4v) is 19.4. The summed E-state index contributed by atoms with van der Waals surface area (Å²) in [5, 5.41) is 0. The molecule has 124 heavy (non-hydrogen) atoms. The van der Waals surface area contributed by atoms with Gasteiger partial charge < -0.3 is 46.1 Å². The second kappa shape index (κ2) is 88.8. The van der Waals surface area contributed by atoms with Crippen molar-refractivity contribution in [2.24, 2.45) is 10.8 Å². The van der Waals surface area contributed by atoms with Crippen LogP contribution in [0.1, 0.15) is 479 Å². The molecule has 732 valence electrons. The minimum atomic E-state index is -2.48. The first kappa shape index (κ1) is 120. The van der Waals surface area contributed by atoms with Crippen LogP contribution in [0.15, 0.2) is 48.6 Å². The molecule has 0 bridgehead atoms. The Labute approximate surface area is 772 Å². The van der Waals surface area contributed by atoms with Crippen LogP contribution in [0.4, 0.5) is 0 Å². The zero-order valence-corrected chi connectivity index (χ0v) is 86.5. The number of hydrogen-bond acceptors (Lipinski definition) is 14. The molecule has 2 saturated heterocycles. The molecule has 0 aromatic rings. The van der Waals surface area contributed by atoms with E-state index in [1.165, 1.54) is 360 Å². The molecule has 16 heteroatoms. The molecule has 2 unspecified atom stereocenters. The highest BCUT2D eigenvalue weighted by atomic mass is 28.4. The Morgan fingerprint density at radius 2 is 0.484 bits per heavy atom. The fraction of sp³-hybridized carbons (Fsp3) is 0.907. The smallest absolute Gasteiger partial charge is 0.333 e. The number of esters is 2. The molecule has 2 heterocycles. The van der Waals surface area contributed by atoms with Gasteiger partial charge in [-0.05, 0) is 221 Å². The Morgan fingerprint density at radius 1 is 0.282 bits per heavy atom. The Hall–Kier alpha value is -2.07. The SMILES string of the molecule is CCCCCCCC/C=C\CCCCCCCCOC(=O)C(C)(C)CC(OCCCCCCCC/C=C\CCCCCCCC)O[Si](C)(C)OCCCCCCN1CCOCC1.CCCCCCCC/C=C\CCCCCCCCOC(=O)C(C)(C)CC(OCCCCCCCC/C=C\CCCCCCCC)O[Si](C)(C)OCCCCCCN1CCOCC1. The molecule has 2 fully saturated rings. The zero-order valence-electron chi connectivity index (χ0n) is 84.5. The van der Waals surface area contributed by atoms with Gasteiger partial charge in [-0.1, -0.05) is 333 Å². The first-order valence-corrected chi connectivity index (χ1v) is 59.4. The van der Waals surface area contributed by atoms with E-state index in [1.54, 1.807) is 0 Å². The number of ether oxygens (including phenoxy) is 6. The third-order valence-corrected chi connectivity index (χ3v) is 28.3. The van der Waals surface area contributed by atoms with Crippen molar-refractivity contribution in [3.63, 3.8) is 0 Å². The molecule has 0 saturated carbocycles. The first-order chi connectivity index (χ1) is 60.4. The molecule has 0 aromatic heterocycles. The van der Waals surface area contributed by atoms with Crippen molar-refractivity contribution in [1.29, 1.82) is 0 Å². The summed E-state index contributed by atoms with van der Waals surface area (Å²) in [4.78, 5) is 31.8. The van der Waals surface area contributed by atoms with Gasteiger partial charge in [0.2, 0.25) is 0 Å². The van der Waals surface area contributed by atoms with Crippen molar-refractivity contribution in [2.75, 3.05) is 105 Å². The molecule has 2 rings (SSSR count). The average Bonchev–Trinajstić information content (AvgIpc) is 0.853. The van der Waals surface area contributed by atoms with Crippen LogP contribution >= 0.6 is 0 Å². The van der Waals surface area contributed by atoms with Crippen molar-refractivity contribution >= 4 is 29.1 Å². The van der Waals surface area contributed by atoms with E-state index in [-0.39, 0.29) is 11.9 Å². The molecule has 14 nitrogen and oxygen atoms in total. The lowest BCUT2D eigenvalue weighted by Crippen LogP contribution is -2.43. The van der Waals surface area contributed by atoms with Crippen molar-refractivity contribution in [2.45, 2.75) is 518 Å². The van der Waals surface area contributed by atoms with Crippen LogP contribution in [0.5, 0.6) is 0 Å². The molecule has 2 aliphatic heterocycles. The maximum Gasteiger partial charge on any atom is 0.333 e. The second-order valence-corrected chi connectivity index (χ2v) is 45.9. The van der Waals surface area contributed by atoms with Crippen LogP contribution in [-0.2, 0) is 55.7 Å². The molecule has 2 atom stereocenters. The van der Waals surface area contributed by atoms with E-state index in [0.717, 1.165) is 117 Å². The highest BCUT2D eigenvalue weighted by Crippen LogP contribution is 2.32. The van der Waals surface area contributed by atoms with Crippen LogP contribution in [0.25, 0.3) is 0 Å². The van der Waals surface area contributed by atoms with Gasteiger partial charge in [0.25, 0.3) is 0 Å². The van der Waals surface area contributed by atoms with Gasteiger partial charge in [-0.3, -0.25) is 19.4 Å². The largest absolute Gasteiger partial charge is 0.465 e. The number of morpholine rings is 2. The first-order valence-electron chi connectivity index (χ1n) is 53.8. The quantitative estimate of drug-likeness (QED) is 0.0188. The van der Waals surface area contributed by atoms with Crippen LogP contribution in [0.2, 0.25) is 26.2 Å². The number of carbonyl (C=O) groups excluding carboxylic acids is 2. The van der Waals surface area contributed by atoms with E-state index in [0.29, 0.717) is 52.5 Å². The van der Waals surface area contributed by atoms with E-state index in [9.17, 15) is 9.59 Å². The lowest BCUT2D eigenvalue weighted by atomic mass is 9.89. The van der Waals surface area contributed by atoms with Gasteiger partial charge in [-0.15, -0.1) is 0 Å². The van der Waals surface area contributed by atoms with E-state index >= 15 is 0 Å². The Morgan fingerprint density at radius 3 is 0.726 bits per heavy atom. The third-order valence-electron chi connectivity index (χ3n) is 24.8. The van der Waals surface area contributed by atoms with Crippen LogP contribution < -0.4 is 0 Å². The van der Waals surface area contributed by atoms with E-state index < -0.39 is 40.5 Å². The Balaban J connectivity index is 0.00000124. The summed E-state index contributed by atoms with van der Waals surface area (Å²) in [5.74, 6) is -0.311. The van der Waals surface area contributed by atoms with E-state index in [2.05, 4.69) is 112 Å². The molecular formula is C108H210N2O12Si2.